The minimum Gasteiger partial charge on any atom is -0.493 e. The van der Waals surface area contributed by atoms with E-state index in [1.54, 1.807) is 12.1 Å². The largest absolute Gasteiger partial charge is 0.493 e. The molecule has 0 radical (unpaired) electrons. The van der Waals surface area contributed by atoms with Crippen LogP contribution < -0.4 is 10.5 Å². The summed E-state index contributed by atoms with van der Waals surface area (Å²) < 4.78 is 5.81. The first kappa shape index (κ1) is 13.4. The highest BCUT2D eigenvalue weighted by molar-refractivity contribution is 6.00. The van der Waals surface area contributed by atoms with E-state index in [-0.39, 0.29) is 0 Å². The summed E-state index contributed by atoms with van der Waals surface area (Å²) in [6.45, 7) is 4.95. The molecule has 2 aromatic rings. The van der Waals surface area contributed by atoms with Crippen molar-refractivity contribution < 1.29 is 9.53 Å². The van der Waals surface area contributed by atoms with E-state index in [4.69, 9.17) is 10.5 Å². The average molecular weight is 257 g/mol. The van der Waals surface area contributed by atoms with Crippen molar-refractivity contribution in [2.45, 2.75) is 20.3 Å². The van der Waals surface area contributed by atoms with E-state index >= 15 is 0 Å². The van der Waals surface area contributed by atoms with Gasteiger partial charge in [-0.15, -0.1) is 0 Å². The van der Waals surface area contributed by atoms with Gasteiger partial charge in [-0.25, -0.2) is 0 Å². The first-order valence-corrected chi connectivity index (χ1v) is 6.53. The maximum Gasteiger partial charge on any atom is 0.248 e. The van der Waals surface area contributed by atoms with Gasteiger partial charge in [-0.1, -0.05) is 38.1 Å². The second kappa shape index (κ2) is 5.74. The summed E-state index contributed by atoms with van der Waals surface area (Å²) in [5.41, 5.74) is 5.84. The number of primary amides is 1. The van der Waals surface area contributed by atoms with Crippen LogP contribution in [0.15, 0.2) is 36.4 Å². The predicted octanol–water partition coefficient (Wildman–Crippen LogP) is 3.36. The van der Waals surface area contributed by atoms with Gasteiger partial charge in [0.15, 0.2) is 0 Å². The van der Waals surface area contributed by atoms with E-state index in [0.29, 0.717) is 18.1 Å². The Balaban J connectivity index is 2.36. The second-order valence-electron chi connectivity index (χ2n) is 5.09. The molecular formula is C16H19NO2. The molecule has 0 aliphatic heterocycles. The fourth-order valence-electron chi connectivity index (χ4n) is 1.94. The SMILES string of the molecule is CC(C)CCOc1cc(C(N)=O)cc2ccccc12. The third kappa shape index (κ3) is 3.25. The molecule has 0 fully saturated rings. The van der Waals surface area contributed by atoms with Gasteiger partial charge in [0.25, 0.3) is 0 Å². The summed E-state index contributed by atoms with van der Waals surface area (Å²) in [6.07, 6.45) is 0.981. The van der Waals surface area contributed by atoms with Gasteiger partial charge in [0.2, 0.25) is 5.91 Å². The van der Waals surface area contributed by atoms with Crippen molar-refractivity contribution in [2.24, 2.45) is 11.7 Å². The zero-order chi connectivity index (χ0) is 13.8. The molecule has 0 saturated carbocycles. The number of ether oxygens (including phenoxy) is 1. The highest BCUT2D eigenvalue weighted by Crippen LogP contribution is 2.27. The summed E-state index contributed by atoms with van der Waals surface area (Å²) in [5, 5.41) is 1.98. The Morgan fingerprint density at radius 1 is 1.26 bits per heavy atom. The maximum absolute atomic E-state index is 11.3. The van der Waals surface area contributed by atoms with Gasteiger partial charge in [-0.05, 0) is 29.9 Å². The molecule has 2 rings (SSSR count). The second-order valence-corrected chi connectivity index (χ2v) is 5.09. The van der Waals surface area contributed by atoms with Crippen molar-refractivity contribution in [3.8, 4) is 5.75 Å². The Kier molecular flexibility index (Phi) is 4.05. The zero-order valence-corrected chi connectivity index (χ0v) is 11.3. The lowest BCUT2D eigenvalue weighted by molar-refractivity contribution is 0.1000. The molecule has 0 aliphatic carbocycles. The first-order chi connectivity index (χ1) is 9.08. The summed E-state index contributed by atoms with van der Waals surface area (Å²) in [5.74, 6) is 0.887. The van der Waals surface area contributed by atoms with E-state index < -0.39 is 5.91 Å². The topological polar surface area (TPSA) is 52.3 Å². The summed E-state index contributed by atoms with van der Waals surface area (Å²) in [4.78, 5) is 11.3. The van der Waals surface area contributed by atoms with Crippen molar-refractivity contribution >= 4 is 16.7 Å². The molecule has 2 N–H and O–H groups in total. The van der Waals surface area contributed by atoms with E-state index in [1.807, 2.05) is 24.3 Å². The summed E-state index contributed by atoms with van der Waals surface area (Å²) in [7, 11) is 0. The molecule has 2 aromatic carbocycles. The van der Waals surface area contributed by atoms with Crippen LogP contribution in [0.4, 0.5) is 0 Å². The van der Waals surface area contributed by atoms with Crippen molar-refractivity contribution in [1.29, 1.82) is 0 Å². The number of amides is 1. The lowest BCUT2D eigenvalue weighted by atomic mass is 10.1. The minimum absolute atomic E-state index is 0.431. The quantitative estimate of drug-likeness (QED) is 0.892. The van der Waals surface area contributed by atoms with Crippen molar-refractivity contribution in [3.05, 3.63) is 42.0 Å². The molecule has 0 aliphatic rings. The fourth-order valence-corrected chi connectivity index (χ4v) is 1.94. The van der Waals surface area contributed by atoms with Crippen LogP contribution in [0.5, 0.6) is 5.75 Å². The average Bonchev–Trinajstić information content (AvgIpc) is 2.38. The van der Waals surface area contributed by atoms with Crippen LogP contribution in [0.1, 0.15) is 30.6 Å². The van der Waals surface area contributed by atoms with Crippen molar-refractivity contribution in [3.63, 3.8) is 0 Å². The third-order valence-electron chi connectivity index (χ3n) is 3.06. The Bertz CT molecular complexity index is 590. The molecule has 3 nitrogen and oxygen atoms in total. The molecule has 1 amide bonds. The smallest absolute Gasteiger partial charge is 0.248 e. The fraction of sp³-hybridized carbons (Fsp3) is 0.312. The molecule has 19 heavy (non-hydrogen) atoms. The van der Waals surface area contributed by atoms with Crippen molar-refractivity contribution in [2.75, 3.05) is 6.61 Å². The summed E-state index contributed by atoms with van der Waals surface area (Å²) in [6, 6.07) is 11.4. The highest BCUT2D eigenvalue weighted by Gasteiger charge is 2.08. The number of carbonyl (C=O) groups is 1. The molecular weight excluding hydrogens is 238 g/mol. The van der Waals surface area contributed by atoms with Crippen LogP contribution in [0.25, 0.3) is 10.8 Å². The van der Waals surface area contributed by atoms with Gasteiger partial charge in [-0.3, -0.25) is 4.79 Å². The Morgan fingerprint density at radius 2 is 2.00 bits per heavy atom. The van der Waals surface area contributed by atoms with Crippen LogP contribution in [0.3, 0.4) is 0 Å². The molecule has 0 saturated heterocycles. The molecule has 0 atom stereocenters. The van der Waals surface area contributed by atoms with Crippen LogP contribution in [-0.2, 0) is 0 Å². The Morgan fingerprint density at radius 3 is 2.68 bits per heavy atom. The standard InChI is InChI=1S/C16H19NO2/c1-11(2)7-8-19-15-10-13(16(17)18)9-12-5-3-4-6-14(12)15/h3-6,9-11H,7-8H2,1-2H3,(H2,17,18). The normalized spacial score (nSPS) is 10.9. The molecule has 3 heteroatoms. The monoisotopic (exact) mass is 257 g/mol. The van der Waals surface area contributed by atoms with Crippen molar-refractivity contribution in [1.82, 2.24) is 0 Å². The molecule has 0 spiro atoms. The van der Waals surface area contributed by atoms with E-state index in [2.05, 4.69) is 13.8 Å². The van der Waals surface area contributed by atoms with Gasteiger partial charge in [-0.2, -0.15) is 0 Å². The predicted molar refractivity (Wildman–Crippen MR) is 77.4 cm³/mol. The Labute approximate surface area is 113 Å². The van der Waals surface area contributed by atoms with Crippen LogP contribution >= 0.6 is 0 Å². The van der Waals surface area contributed by atoms with Crippen LogP contribution in [0, 0.1) is 5.92 Å². The van der Waals surface area contributed by atoms with Crippen LogP contribution in [0.2, 0.25) is 0 Å². The van der Waals surface area contributed by atoms with Gasteiger partial charge in [0.1, 0.15) is 5.75 Å². The maximum atomic E-state index is 11.3. The molecule has 0 aromatic heterocycles. The third-order valence-corrected chi connectivity index (χ3v) is 3.06. The van der Waals surface area contributed by atoms with E-state index in [0.717, 1.165) is 22.9 Å². The number of nitrogens with two attached hydrogens (primary N) is 1. The molecule has 0 heterocycles. The number of benzene rings is 2. The molecule has 100 valence electrons. The molecule has 0 unspecified atom stereocenters. The number of hydrogen-bond acceptors (Lipinski definition) is 2. The lowest BCUT2D eigenvalue weighted by Gasteiger charge is -2.12. The number of fused-ring (bicyclic) bond motifs is 1. The Hall–Kier alpha value is -2.03. The minimum atomic E-state index is -0.431. The lowest BCUT2D eigenvalue weighted by Crippen LogP contribution is -2.11. The van der Waals surface area contributed by atoms with Gasteiger partial charge in [0.05, 0.1) is 6.61 Å². The number of rotatable bonds is 5. The summed E-state index contributed by atoms with van der Waals surface area (Å²) >= 11 is 0. The molecule has 0 bridgehead atoms. The van der Waals surface area contributed by atoms with Crippen LogP contribution in [-0.4, -0.2) is 12.5 Å². The van der Waals surface area contributed by atoms with E-state index in [1.165, 1.54) is 0 Å². The number of hydrogen-bond donors (Lipinski definition) is 1. The van der Waals surface area contributed by atoms with E-state index in [9.17, 15) is 4.79 Å². The van der Waals surface area contributed by atoms with Gasteiger partial charge >= 0.3 is 0 Å². The highest BCUT2D eigenvalue weighted by atomic mass is 16.5. The van der Waals surface area contributed by atoms with Gasteiger partial charge in [0, 0.05) is 10.9 Å². The first-order valence-electron chi connectivity index (χ1n) is 6.53. The number of carbonyl (C=O) groups excluding carboxylic acids is 1. The zero-order valence-electron chi connectivity index (χ0n) is 11.3. The van der Waals surface area contributed by atoms with Gasteiger partial charge < -0.3 is 10.5 Å².